The zero-order valence-corrected chi connectivity index (χ0v) is 11.6. The van der Waals surface area contributed by atoms with Gasteiger partial charge in [-0.3, -0.25) is 9.69 Å². The predicted molar refractivity (Wildman–Crippen MR) is 68.4 cm³/mol. The van der Waals surface area contributed by atoms with Crippen molar-refractivity contribution >= 4 is 5.91 Å². The van der Waals surface area contributed by atoms with Gasteiger partial charge in [0.05, 0.1) is 24.3 Å². The molecule has 1 heterocycles. The maximum atomic E-state index is 12.3. The van der Waals surface area contributed by atoms with Crippen LogP contribution in [0.1, 0.15) is 25.7 Å². The summed E-state index contributed by atoms with van der Waals surface area (Å²) in [5.74, 6) is 0.119. The fourth-order valence-electron chi connectivity index (χ4n) is 2.96. The summed E-state index contributed by atoms with van der Waals surface area (Å²) in [5.41, 5.74) is -0.113. The number of hydrogen-bond acceptors (Lipinski definition) is 4. The van der Waals surface area contributed by atoms with Crippen molar-refractivity contribution in [1.82, 2.24) is 10.2 Å². The van der Waals surface area contributed by atoms with E-state index in [1.165, 1.54) is 6.42 Å². The molecule has 1 amide bonds. The highest BCUT2D eigenvalue weighted by atomic mass is 16.5. The second-order valence-electron chi connectivity index (χ2n) is 5.60. The standard InChI is InChI=1S/C13H24N2O3/c1-15-8-10(18-3)7-11(15)12(16)14-13(9-17-2)5-4-6-13/h10-11H,4-9H2,1-3H3,(H,14,16)/t10-,11-/m0/s1. The molecule has 0 bridgehead atoms. The normalized spacial score (nSPS) is 31.1. The molecular weight excluding hydrogens is 232 g/mol. The molecule has 2 aliphatic rings. The maximum absolute atomic E-state index is 12.3. The van der Waals surface area contributed by atoms with Crippen LogP contribution in [0.5, 0.6) is 0 Å². The van der Waals surface area contributed by atoms with Gasteiger partial charge in [-0.05, 0) is 32.7 Å². The topological polar surface area (TPSA) is 50.8 Å². The molecule has 1 saturated carbocycles. The number of amides is 1. The number of carbonyl (C=O) groups excluding carboxylic acids is 1. The molecule has 18 heavy (non-hydrogen) atoms. The summed E-state index contributed by atoms with van der Waals surface area (Å²) < 4.78 is 10.6. The lowest BCUT2D eigenvalue weighted by Crippen LogP contribution is -2.59. The minimum absolute atomic E-state index is 0.0655. The van der Waals surface area contributed by atoms with E-state index in [2.05, 4.69) is 10.2 Å². The van der Waals surface area contributed by atoms with E-state index in [4.69, 9.17) is 9.47 Å². The molecule has 104 valence electrons. The molecule has 2 fully saturated rings. The van der Waals surface area contributed by atoms with Crippen LogP contribution < -0.4 is 5.32 Å². The molecule has 5 heteroatoms. The second-order valence-corrected chi connectivity index (χ2v) is 5.60. The van der Waals surface area contributed by atoms with Gasteiger partial charge in [-0.2, -0.15) is 0 Å². The van der Waals surface area contributed by atoms with Gasteiger partial charge in [0.2, 0.25) is 5.91 Å². The molecule has 0 aromatic carbocycles. The molecule has 1 N–H and O–H groups in total. The van der Waals surface area contributed by atoms with Crippen LogP contribution in [0.15, 0.2) is 0 Å². The van der Waals surface area contributed by atoms with Gasteiger partial charge in [0.25, 0.3) is 0 Å². The van der Waals surface area contributed by atoms with E-state index >= 15 is 0 Å². The molecule has 2 atom stereocenters. The van der Waals surface area contributed by atoms with Gasteiger partial charge in [0.1, 0.15) is 0 Å². The van der Waals surface area contributed by atoms with Crippen LogP contribution in [-0.4, -0.2) is 62.9 Å². The zero-order valence-electron chi connectivity index (χ0n) is 11.6. The number of carbonyl (C=O) groups is 1. The first-order valence-electron chi connectivity index (χ1n) is 6.64. The number of ether oxygens (including phenoxy) is 2. The van der Waals surface area contributed by atoms with Crippen LogP contribution in [0.25, 0.3) is 0 Å². The lowest BCUT2D eigenvalue weighted by Gasteiger charge is -2.42. The van der Waals surface area contributed by atoms with Crippen molar-refractivity contribution in [1.29, 1.82) is 0 Å². The molecule has 1 aliphatic carbocycles. The molecule has 5 nitrogen and oxygen atoms in total. The highest BCUT2D eigenvalue weighted by Gasteiger charge is 2.42. The maximum Gasteiger partial charge on any atom is 0.237 e. The Bertz CT molecular complexity index is 305. The number of nitrogens with zero attached hydrogens (tertiary/aromatic N) is 1. The van der Waals surface area contributed by atoms with Crippen LogP contribution in [-0.2, 0) is 14.3 Å². The summed E-state index contributed by atoms with van der Waals surface area (Å²) in [6.45, 7) is 1.44. The van der Waals surface area contributed by atoms with Gasteiger partial charge in [-0.25, -0.2) is 0 Å². The van der Waals surface area contributed by atoms with Crippen LogP contribution in [0.3, 0.4) is 0 Å². The third-order valence-electron chi connectivity index (χ3n) is 4.27. The number of rotatable bonds is 5. The lowest BCUT2D eigenvalue weighted by atomic mass is 9.77. The Morgan fingerprint density at radius 2 is 2.17 bits per heavy atom. The Hall–Kier alpha value is -0.650. The largest absolute Gasteiger partial charge is 0.382 e. The van der Waals surface area contributed by atoms with Gasteiger partial charge in [-0.1, -0.05) is 0 Å². The Morgan fingerprint density at radius 3 is 2.61 bits per heavy atom. The third kappa shape index (κ3) is 2.68. The van der Waals surface area contributed by atoms with E-state index < -0.39 is 0 Å². The van der Waals surface area contributed by atoms with Crippen LogP contribution in [0, 0.1) is 0 Å². The summed E-state index contributed by atoms with van der Waals surface area (Å²) in [7, 11) is 5.37. The first-order valence-corrected chi connectivity index (χ1v) is 6.64. The van der Waals surface area contributed by atoms with E-state index in [1.807, 2.05) is 7.05 Å². The van der Waals surface area contributed by atoms with Crippen molar-refractivity contribution in [2.45, 2.75) is 43.4 Å². The molecule has 0 spiro atoms. The van der Waals surface area contributed by atoms with E-state index in [1.54, 1.807) is 14.2 Å². The number of likely N-dealkylation sites (tertiary alicyclic amines) is 1. The summed E-state index contributed by atoms with van der Waals surface area (Å²) in [6, 6.07) is -0.0655. The van der Waals surface area contributed by atoms with Crippen molar-refractivity contribution in [3.8, 4) is 0 Å². The second kappa shape index (κ2) is 5.55. The van der Waals surface area contributed by atoms with E-state index in [0.29, 0.717) is 6.61 Å². The van der Waals surface area contributed by atoms with E-state index in [0.717, 1.165) is 25.8 Å². The average Bonchev–Trinajstić information content (AvgIpc) is 2.68. The van der Waals surface area contributed by atoms with E-state index in [-0.39, 0.29) is 23.6 Å². The number of hydrogen-bond donors (Lipinski definition) is 1. The minimum atomic E-state index is -0.113. The predicted octanol–water partition coefficient (Wildman–Crippen LogP) is 0.391. The highest BCUT2D eigenvalue weighted by Crippen LogP contribution is 2.32. The van der Waals surface area contributed by atoms with Gasteiger partial charge < -0.3 is 14.8 Å². The molecule has 0 aromatic heterocycles. The third-order valence-corrected chi connectivity index (χ3v) is 4.27. The number of nitrogens with one attached hydrogen (secondary N) is 1. The smallest absolute Gasteiger partial charge is 0.237 e. The van der Waals surface area contributed by atoms with Crippen LogP contribution in [0.2, 0.25) is 0 Å². The Kier molecular flexibility index (Phi) is 4.25. The SMILES string of the molecule is COCC1(NC(=O)[C@@H]2C[C@H](OC)CN2C)CCC1. The molecule has 2 rings (SSSR count). The fraction of sp³-hybridized carbons (Fsp3) is 0.923. The Labute approximate surface area is 109 Å². The molecule has 0 radical (unpaired) electrons. The molecule has 0 aromatic rings. The van der Waals surface area contributed by atoms with Crippen molar-refractivity contribution in [3.63, 3.8) is 0 Å². The van der Waals surface area contributed by atoms with Crippen molar-refractivity contribution < 1.29 is 14.3 Å². The monoisotopic (exact) mass is 256 g/mol. The van der Waals surface area contributed by atoms with Gasteiger partial charge in [0.15, 0.2) is 0 Å². The first kappa shape index (κ1) is 13.8. The lowest BCUT2D eigenvalue weighted by molar-refractivity contribution is -0.129. The Morgan fingerprint density at radius 1 is 1.44 bits per heavy atom. The molecule has 1 aliphatic heterocycles. The van der Waals surface area contributed by atoms with Crippen molar-refractivity contribution in [3.05, 3.63) is 0 Å². The van der Waals surface area contributed by atoms with Crippen molar-refractivity contribution in [2.24, 2.45) is 0 Å². The summed E-state index contributed by atoms with van der Waals surface area (Å²) >= 11 is 0. The minimum Gasteiger partial charge on any atom is -0.382 e. The quantitative estimate of drug-likeness (QED) is 0.773. The van der Waals surface area contributed by atoms with Gasteiger partial charge in [-0.15, -0.1) is 0 Å². The number of methoxy groups -OCH3 is 2. The molecular formula is C13H24N2O3. The van der Waals surface area contributed by atoms with Crippen molar-refractivity contribution in [2.75, 3.05) is 34.4 Å². The first-order chi connectivity index (χ1) is 8.60. The summed E-state index contributed by atoms with van der Waals surface area (Å²) in [5, 5.41) is 3.19. The molecule has 0 unspecified atom stereocenters. The highest BCUT2D eigenvalue weighted by molar-refractivity contribution is 5.83. The van der Waals surface area contributed by atoms with Gasteiger partial charge >= 0.3 is 0 Å². The van der Waals surface area contributed by atoms with Crippen LogP contribution >= 0.6 is 0 Å². The summed E-state index contributed by atoms with van der Waals surface area (Å²) in [4.78, 5) is 14.4. The summed E-state index contributed by atoms with van der Waals surface area (Å²) in [6.07, 6.45) is 4.17. The number of likely N-dealkylation sites (N-methyl/N-ethyl adjacent to an activating group) is 1. The fourth-order valence-corrected chi connectivity index (χ4v) is 2.96. The van der Waals surface area contributed by atoms with Crippen LogP contribution in [0.4, 0.5) is 0 Å². The Balaban J connectivity index is 1.91. The van der Waals surface area contributed by atoms with Gasteiger partial charge in [0, 0.05) is 20.8 Å². The molecule has 1 saturated heterocycles. The average molecular weight is 256 g/mol. The van der Waals surface area contributed by atoms with E-state index in [9.17, 15) is 4.79 Å². The zero-order chi connectivity index (χ0) is 13.2.